The number of anilines is 1. The third-order valence-corrected chi connectivity index (χ3v) is 5.56. The van der Waals surface area contributed by atoms with Crippen LogP contribution in [0.4, 0.5) is 14.9 Å². The zero-order valence-electron chi connectivity index (χ0n) is 18.4. The fraction of sp³-hybridized carbons (Fsp3) is 0.391. The van der Waals surface area contributed by atoms with Crippen molar-refractivity contribution < 1.29 is 28.2 Å². The number of hydrogen-bond donors (Lipinski definition) is 2. The van der Waals surface area contributed by atoms with Crippen molar-refractivity contribution in [2.45, 2.75) is 18.4 Å². The Morgan fingerprint density at radius 1 is 1.09 bits per heavy atom. The molecule has 1 aliphatic heterocycles. The van der Waals surface area contributed by atoms with Crippen LogP contribution in [0.3, 0.4) is 0 Å². The molecule has 32 heavy (non-hydrogen) atoms. The third-order valence-electron chi connectivity index (χ3n) is 5.56. The van der Waals surface area contributed by atoms with Crippen molar-refractivity contribution in [2.24, 2.45) is 0 Å². The Morgan fingerprint density at radius 3 is 2.50 bits per heavy atom. The average Bonchev–Trinajstić information content (AvgIpc) is 3.22. The normalized spacial score (nSPS) is 17.7. The lowest BCUT2D eigenvalue weighted by molar-refractivity contribution is 0.0867. The molecular formula is C23H28FN3O5. The highest BCUT2D eigenvalue weighted by Gasteiger charge is 2.41. The van der Waals surface area contributed by atoms with Crippen LogP contribution < -0.4 is 20.1 Å². The Balaban J connectivity index is 1.73. The largest absolute Gasteiger partial charge is 0.497 e. The number of carbonyl (C=O) groups is 2. The highest BCUT2D eigenvalue weighted by Crippen LogP contribution is 2.31. The molecule has 0 aliphatic carbocycles. The number of carbonyl (C=O) groups excluding carboxylic acids is 2. The number of ether oxygens (including phenoxy) is 3. The Hall–Kier alpha value is -3.33. The predicted octanol–water partition coefficient (Wildman–Crippen LogP) is 3.29. The fourth-order valence-electron chi connectivity index (χ4n) is 3.73. The van der Waals surface area contributed by atoms with Crippen molar-refractivity contribution in [1.29, 1.82) is 0 Å². The number of nitrogens with one attached hydrogen (secondary N) is 2. The van der Waals surface area contributed by atoms with E-state index in [0.29, 0.717) is 55.3 Å². The molecule has 1 aliphatic rings. The summed E-state index contributed by atoms with van der Waals surface area (Å²) in [4.78, 5) is 27.4. The van der Waals surface area contributed by atoms with Gasteiger partial charge < -0.3 is 29.7 Å². The van der Waals surface area contributed by atoms with Gasteiger partial charge in [0.2, 0.25) is 0 Å². The van der Waals surface area contributed by atoms with E-state index in [1.165, 1.54) is 31.4 Å². The van der Waals surface area contributed by atoms with Gasteiger partial charge >= 0.3 is 6.03 Å². The minimum absolute atomic E-state index is 0.307. The molecule has 0 saturated carbocycles. The number of nitrogens with zero attached hydrogens (tertiary/aromatic N) is 1. The van der Waals surface area contributed by atoms with Crippen LogP contribution in [-0.2, 0) is 4.74 Å². The van der Waals surface area contributed by atoms with Crippen molar-refractivity contribution >= 4 is 17.6 Å². The number of hydrogen-bond acceptors (Lipinski definition) is 5. The lowest BCUT2D eigenvalue weighted by Crippen LogP contribution is -2.52. The first-order chi connectivity index (χ1) is 15.4. The fourth-order valence-corrected chi connectivity index (χ4v) is 3.73. The summed E-state index contributed by atoms with van der Waals surface area (Å²) in [5.74, 6) is 0.363. The van der Waals surface area contributed by atoms with Gasteiger partial charge in [-0.2, -0.15) is 0 Å². The Kier molecular flexibility index (Phi) is 7.53. The maximum atomic E-state index is 13.2. The zero-order valence-corrected chi connectivity index (χ0v) is 18.4. The van der Waals surface area contributed by atoms with Crippen LogP contribution >= 0.6 is 0 Å². The second-order valence-corrected chi connectivity index (χ2v) is 7.65. The minimum atomic E-state index is -0.655. The summed E-state index contributed by atoms with van der Waals surface area (Å²) in [6.07, 6.45) is 1.09. The van der Waals surface area contributed by atoms with E-state index in [-0.39, 0.29) is 11.9 Å². The van der Waals surface area contributed by atoms with Gasteiger partial charge in [0.05, 0.1) is 25.4 Å². The number of rotatable bonds is 8. The topological polar surface area (TPSA) is 89.1 Å². The SMILES string of the molecule is COCCC1(NC(=O)c2ccc(F)cc2)CCN(C(=O)Nc2cc(OC)ccc2OC)C1. The first kappa shape index (κ1) is 23.3. The van der Waals surface area contributed by atoms with Crippen LogP contribution in [0.5, 0.6) is 11.5 Å². The molecule has 1 heterocycles. The molecule has 1 fully saturated rings. The number of urea groups is 1. The highest BCUT2D eigenvalue weighted by molar-refractivity contribution is 5.95. The molecule has 8 nitrogen and oxygen atoms in total. The molecule has 172 valence electrons. The number of likely N-dealkylation sites (tertiary alicyclic amines) is 1. The first-order valence-corrected chi connectivity index (χ1v) is 10.2. The van der Waals surface area contributed by atoms with Crippen LogP contribution in [-0.4, -0.2) is 63.4 Å². The van der Waals surface area contributed by atoms with Gasteiger partial charge in [0, 0.05) is 38.4 Å². The number of benzene rings is 2. The van der Waals surface area contributed by atoms with E-state index in [9.17, 15) is 14.0 Å². The smallest absolute Gasteiger partial charge is 0.322 e. The molecule has 1 saturated heterocycles. The molecule has 0 spiro atoms. The summed E-state index contributed by atoms with van der Waals surface area (Å²) in [5, 5.41) is 5.90. The predicted molar refractivity (Wildman–Crippen MR) is 118 cm³/mol. The van der Waals surface area contributed by atoms with Gasteiger partial charge in [0.15, 0.2) is 0 Å². The third kappa shape index (κ3) is 5.47. The second kappa shape index (κ2) is 10.3. The molecule has 2 N–H and O–H groups in total. The molecule has 0 aromatic heterocycles. The summed E-state index contributed by atoms with van der Waals surface area (Å²) in [6, 6.07) is 10.2. The molecule has 3 amide bonds. The molecular weight excluding hydrogens is 417 g/mol. The number of halogens is 1. The average molecular weight is 445 g/mol. The summed E-state index contributed by atoms with van der Waals surface area (Å²) >= 11 is 0. The minimum Gasteiger partial charge on any atom is -0.497 e. The molecule has 9 heteroatoms. The van der Waals surface area contributed by atoms with E-state index < -0.39 is 11.4 Å². The van der Waals surface area contributed by atoms with Gasteiger partial charge in [-0.1, -0.05) is 0 Å². The van der Waals surface area contributed by atoms with Gasteiger partial charge in [-0.15, -0.1) is 0 Å². The molecule has 2 aromatic carbocycles. The summed E-state index contributed by atoms with van der Waals surface area (Å²) in [5.41, 5.74) is 0.186. The summed E-state index contributed by atoms with van der Waals surface area (Å²) in [6.45, 7) is 1.18. The van der Waals surface area contributed by atoms with E-state index >= 15 is 0 Å². The van der Waals surface area contributed by atoms with Crippen molar-refractivity contribution in [3.8, 4) is 11.5 Å². The van der Waals surface area contributed by atoms with Crippen LogP contribution in [0.1, 0.15) is 23.2 Å². The Morgan fingerprint density at radius 2 is 1.84 bits per heavy atom. The summed E-state index contributed by atoms with van der Waals surface area (Å²) in [7, 11) is 4.65. The van der Waals surface area contributed by atoms with Crippen LogP contribution in [0.2, 0.25) is 0 Å². The monoisotopic (exact) mass is 445 g/mol. The van der Waals surface area contributed by atoms with E-state index in [1.807, 2.05) is 0 Å². The summed E-state index contributed by atoms with van der Waals surface area (Å²) < 4.78 is 29.0. The zero-order chi connectivity index (χ0) is 23.1. The standard InChI is InChI=1S/C23H28FN3O5/c1-30-13-11-23(26-21(28)16-4-6-17(24)7-5-16)10-12-27(15-23)22(29)25-19-14-18(31-2)8-9-20(19)32-3/h4-9,14H,10-13,15H2,1-3H3,(H,25,29)(H,26,28). The molecule has 2 aromatic rings. The van der Waals surface area contributed by atoms with Crippen LogP contribution in [0.15, 0.2) is 42.5 Å². The number of methoxy groups -OCH3 is 3. The lowest BCUT2D eigenvalue weighted by Gasteiger charge is -2.30. The van der Waals surface area contributed by atoms with Gasteiger partial charge in [-0.3, -0.25) is 4.79 Å². The molecule has 1 atom stereocenters. The van der Waals surface area contributed by atoms with Gasteiger partial charge in [0.25, 0.3) is 5.91 Å². The second-order valence-electron chi connectivity index (χ2n) is 7.65. The molecule has 0 bridgehead atoms. The highest BCUT2D eigenvalue weighted by atomic mass is 19.1. The Bertz CT molecular complexity index is 953. The van der Waals surface area contributed by atoms with E-state index in [1.54, 1.807) is 37.3 Å². The van der Waals surface area contributed by atoms with Crippen molar-refractivity contribution in [3.63, 3.8) is 0 Å². The van der Waals surface area contributed by atoms with E-state index in [0.717, 1.165) is 0 Å². The lowest BCUT2D eigenvalue weighted by atomic mass is 9.94. The van der Waals surface area contributed by atoms with Crippen LogP contribution in [0.25, 0.3) is 0 Å². The Labute approximate surface area is 186 Å². The maximum Gasteiger partial charge on any atom is 0.322 e. The molecule has 0 radical (unpaired) electrons. The van der Waals surface area contributed by atoms with Crippen molar-refractivity contribution in [3.05, 3.63) is 53.8 Å². The van der Waals surface area contributed by atoms with Crippen molar-refractivity contribution in [1.82, 2.24) is 10.2 Å². The van der Waals surface area contributed by atoms with E-state index in [4.69, 9.17) is 14.2 Å². The van der Waals surface area contributed by atoms with Gasteiger partial charge in [0.1, 0.15) is 17.3 Å². The van der Waals surface area contributed by atoms with Gasteiger partial charge in [-0.05, 0) is 49.2 Å². The molecule has 3 rings (SSSR count). The quantitative estimate of drug-likeness (QED) is 0.651. The van der Waals surface area contributed by atoms with Crippen LogP contribution in [0, 0.1) is 5.82 Å². The first-order valence-electron chi connectivity index (χ1n) is 10.2. The van der Waals surface area contributed by atoms with Crippen molar-refractivity contribution in [2.75, 3.05) is 46.3 Å². The molecule has 1 unspecified atom stereocenters. The number of amides is 3. The van der Waals surface area contributed by atoms with Gasteiger partial charge in [-0.25, -0.2) is 9.18 Å². The maximum absolute atomic E-state index is 13.2. The van der Waals surface area contributed by atoms with E-state index in [2.05, 4.69) is 10.6 Å².